The Morgan fingerprint density at radius 2 is 1.89 bits per heavy atom. The first-order chi connectivity index (χ1) is 9.17. The number of hydrogen-bond acceptors (Lipinski definition) is 6. The molecule has 0 unspecified atom stereocenters. The molecule has 1 aromatic carbocycles. The van der Waals surface area contributed by atoms with Crippen LogP contribution < -0.4 is 20.7 Å². The van der Waals surface area contributed by atoms with Crippen LogP contribution in [0.25, 0.3) is 11.4 Å². The number of aromatic nitrogens is 2. The molecule has 19 heavy (non-hydrogen) atoms. The van der Waals surface area contributed by atoms with Gasteiger partial charge in [0, 0.05) is 17.8 Å². The lowest BCUT2D eigenvalue weighted by Crippen LogP contribution is -2.10. The predicted octanol–water partition coefficient (Wildman–Crippen LogP) is 1.75. The van der Waals surface area contributed by atoms with Crippen molar-refractivity contribution >= 4 is 5.82 Å². The van der Waals surface area contributed by atoms with Crippen LogP contribution in [0.4, 0.5) is 5.82 Å². The van der Waals surface area contributed by atoms with Gasteiger partial charge >= 0.3 is 0 Å². The molecule has 0 aliphatic carbocycles. The summed E-state index contributed by atoms with van der Waals surface area (Å²) in [4.78, 5) is 8.71. The molecule has 2 aromatic rings. The van der Waals surface area contributed by atoms with Crippen molar-refractivity contribution < 1.29 is 9.47 Å². The normalized spacial score (nSPS) is 10.1. The Hall–Kier alpha value is -2.34. The van der Waals surface area contributed by atoms with Gasteiger partial charge in [-0.3, -0.25) is 0 Å². The minimum absolute atomic E-state index is 0.549. The number of nitrogens with zero attached hydrogens (tertiary/aromatic N) is 2. The van der Waals surface area contributed by atoms with Crippen LogP contribution >= 0.6 is 0 Å². The zero-order valence-electron chi connectivity index (χ0n) is 11.1. The van der Waals surface area contributed by atoms with Crippen LogP contribution in [0.3, 0.4) is 0 Å². The second-order valence-electron chi connectivity index (χ2n) is 3.93. The van der Waals surface area contributed by atoms with Crippen molar-refractivity contribution in [1.82, 2.24) is 9.97 Å². The van der Waals surface area contributed by atoms with Crippen molar-refractivity contribution in [2.75, 3.05) is 19.6 Å². The third-order valence-corrected chi connectivity index (χ3v) is 2.65. The van der Waals surface area contributed by atoms with E-state index in [-0.39, 0.29) is 0 Å². The smallest absolute Gasteiger partial charge is 0.165 e. The van der Waals surface area contributed by atoms with Crippen LogP contribution in [0, 0.1) is 6.92 Å². The molecule has 0 radical (unpaired) electrons. The summed E-state index contributed by atoms with van der Waals surface area (Å²) in [5.41, 5.74) is 4.12. The topological polar surface area (TPSA) is 82.3 Å². The number of nitrogen functional groups attached to an aromatic ring is 1. The van der Waals surface area contributed by atoms with Crippen LogP contribution in [-0.4, -0.2) is 24.2 Å². The second kappa shape index (κ2) is 5.53. The van der Waals surface area contributed by atoms with Gasteiger partial charge in [0.05, 0.1) is 19.8 Å². The molecule has 0 fully saturated rings. The molecule has 6 heteroatoms. The van der Waals surface area contributed by atoms with Gasteiger partial charge in [-0.25, -0.2) is 15.8 Å². The maximum absolute atomic E-state index is 5.39. The average molecular weight is 260 g/mol. The standard InChI is InChI=1S/C13H16N4O2/c1-8-6-12(17-14)16-13(15-8)10-5-4-9(18-2)7-11(10)19-3/h4-7H,14H2,1-3H3,(H,15,16,17). The molecule has 0 saturated heterocycles. The number of nitrogens with two attached hydrogens (primary N) is 1. The van der Waals surface area contributed by atoms with E-state index in [1.54, 1.807) is 26.4 Å². The summed E-state index contributed by atoms with van der Waals surface area (Å²) >= 11 is 0. The van der Waals surface area contributed by atoms with Gasteiger partial charge in [0.15, 0.2) is 5.82 Å². The fourth-order valence-electron chi connectivity index (χ4n) is 1.75. The third kappa shape index (κ3) is 2.74. The molecule has 3 N–H and O–H groups in total. The number of methoxy groups -OCH3 is 2. The van der Waals surface area contributed by atoms with Gasteiger partial charge in [-0.2, -0.15) is 0 Å². The number of aryl methyl sites for hydroxylation is 1. The summed E-state index contributed by atoms with van der Waals surface area (Å²) < 4.78 is 10.5. The van der Waals surface area contributed by atoms with Crippen molar-refractivity contribution in [3.05, 3.63) is 30.0 Å². The minimum atomic E-state index is 0.549. The van der Waals surface area contributed by atoms with E-state index in [1.807, 2.05) is 19.1 Å². The monoisotopic (exact) mass is 260 g/mol. The van der Waals surface area contributed by atoms with Gasteiger partial charge in [-0.05, 0) is 19.1 Å². The first-order valence-electron chi connectivity index (χ1n) is 5.72. The molecule has 2 rings (SSSR count). The molecular weight excluding hydrogens is 244 g/mol. The largest absolute Gasteiger partial charge is 0.497 e. The lowest BCUT2D eigenvalue weighted by Gasteiger charge is -2.10. The summed E-state index contributed by atoms with van der Waals surface area (Å²) in [5.74, 6) is 7.85. The maximum Gasteiger partial charge on any atom is 0.165 e. The lowest BCUT2D eigenvalue weighted by atomic mass is 10.1. The number of ether oxygens (including phenoxy) is 2. The van der Waals surface area contributed by atoms with Crippen molar-refractivity contribution in [2.24, 2.45) is 5.84 Å². The van der Waals surface area contributed by atoms with Gasteiger partial charge in [-0.15, -0.1) is 0 Å². The van der Waals surface area contributed by atoms with E-state index in [1.165, 1.54) is 0 Å². The van der Waals surface area contributed by atoms with Crippen LogP contribution in [0.2, 0.25) is 0 Å². The molecule has 1 heterocycles. The van der Waals surface area contributed by atoms with Gasteiger partial charge in [-0.1, -0.05) is 0 Å². The molecule has 0 spiro atoms. The molecule has 1 aromatic heterocycles. The minimum Gasteiger partial charge on any atom is -0.497 e. The summed E-state index contributed by atoms with van der Waals surface area (Å²) in [6, 6.07) is 7.24. The highest BCUT2D eigenvalue weighted by Crippen LogP contribution is 2.31. The highest BCUT2D eigenvalue weighted by Gasteiger charge is 2.11. The fraction of sp³-hybridized carbons (Fsp3) is 0.231. The number of benzene rings is 1. The molecule has 0 aliphatic heterocycles. The molecule has 100 valence electrons. The Morgan fingerprint density at radius 3 is 2.53 bits per heavy atom. The number of hydrazine groups is 1. The van der Waals surface area contributed by atoms with E-state index in [0.29, 0.717) is 23.1 Å². The summed E-state index contributed by atoms with van der Waals surface area (Å²) in [7, 11) is 3.20. The summed E-state index contributed by atoms with van der Waals surface area (Å²) in [6.07, 6.45) is 0. The first-order valence-corrected chi connectivity index (χ1v) is 5.72. The number of rotatable bonds is 4. The molecular formula is C13H16N4O2. The molecule has 6 nitrogen and oxygen atoms in total. The SMILES string of the molecule is COc1ccc(-c2nc(C)cc(NN)n2)c(OC)c1. The van der Waals surface area contributed by atoms with Crippen LogP contribution in [0.1, 0.15) is 5.69 Å². The third-order valence-electron chi connectivity index (χ3n) is 2.65. The van der Waals surface area contributed by atoms with Gasteiger partial charge < -0.3 is 14.9 Å². The first kappa shape index (κ1) is 13.1. The van der Waals surface area contributed by atoms with Crippen LogP contribution in [0.15, 0.2) is 24.3 Å². The highest BCUT2D eigenvalue weighted by molar-refractivity contribution is 5.67. The van der Waals surface area contributed by atoms with E-state index in [2.05, 4.69) is 15.4 Å². The Kier molecular flexibility index (Phi) is 3.82. The zero-order valence-corrected chi connectivity index (χ0v) is 11.1. The molecule has 0 saturated carbocycles. The van der Waals surface area contributed by atoms with Crippen molar-refractivity contribution in [2.45, 2.75) is 6.92 Å². The average Bonchev–Trinajstić information content (AvgIpc) is 2.45. The zero-order chi connectivity index (χ0) is 13.8. The number of hydrogen-bond donors (Lipinski definition) is 2. The fourth-order valence-corrected chi connectivity index (χ4v) is 1.75. The molecule has 0 aliphatic rings. The predicted molar refractivity (Wildman–Crippen MR) is 73.1 cm³/mol. The van der Waals surface area contributed by atoms with Gasteiger partial charge in [0.1, 0.15) is 17.3 Å². The number of anilines is 1. The van der Waals surface area contributed by atoms with Gasteiger partial charge in [0.25, 0.3) is 0 Å². The molecule has 0 amide bonds. The lowest BCUT2D eigenvalue weighted by molar-refractivity contribution is 0.395. The van der Waals surface area contributed by atoms with Crippen LogP contribution in [0.5, 0.6) is 11.5 Å². The summed E-state index contributed by atoms with van der Waals surface area (Å²) in [5, 5.41) is 0. The van der Waals surface area contributed by atoms with Crippen molar-refractivity contribution in [3.8, 4) is 22.9 Å². The van der Waals surface area contributed by atoms with E-state index < -0.39 is 0 Å². The highest BCUT2D eigenvalue weighted by atomic mass is 16.5. The van der Waals surface area contributed by atoms with E-state index in [4.69, 9.17) is 15.3 Å². The Balaban J connectivity index is 2.54. The van der Waals surface area contributed by atoms with Crippen LogP contribution in [-0.2, 0) is 0 Å². The quantitative estimate of drug-likeness (QED) is 0.644. The van der Waals surface area contributed by atoms with Crippen molar-refractivity contribution in [3.63, 3.8) is 0 Å². The molecule has 0 atom stereocenters. The van der Waals surface area contributed by atoms with Crippen molar-refractivity contribution in [1.29, 1.82) is 0 Å². The second-order valence-corrected chi connectivity index (χ2v) is 3.93. The number of nitrogens with one attached hydrogen (secondary N) is 1. The Bertz CT molecular complexity index is 587. The van der Waals surface area contributed by atoms with E-state index in [0.717, 1.165) is 11.3 Å². The van der Waals surface area contributed by atoms with E-state index >= 15 is 0 Å². The summed E-state index contributed by atoms with van der Waals surface area (Å²) in [6.45, 7) is 1.88. The maximum atomic E-state index is 5.39. The Morgan fingerprint density at radius 1 is 1.11 bits per heavy atom. The van der Waals surface area contributed by atoms with Gasteiger partial charge in [0.2, 0.25) is 0 Å². The molecule has 0 bridgehead atoms. The van der Waals surface area contributed by atoms with E-state index in [9.17, 15) is 0 Å². The Labute approximate surface area is 111 Å².